The largest absolute Gasteiger partial charge is 0.466 e. The number of sulfonamides is 1. The second-order valence-electron chi connectivity index (χ2n) is 4.74. The molecule has 0 aliphatic rings. The number of nitrogens with zero attached hydrogens (tertiary/aromatic N) is 3. The molecular weight excluding hydrogens is 316 g/mol. The molecule has 8 heteroatoms. The zero-order chi connectivity index (χ0) is 16.4. The summed E-state index contributed by atoms with van der Waals surface area (Å²) in [5, 5.41) is 9.38. The fourth-order valence-electron chi connectivity index (χ4n) is 2.11. The Hall–Kier alpha value is -2.71. The fourth-order valence-corrected chi connectivity index (χ4v) is 2.63. The van der Waals surface area contributed by atoms with Gasteiger partial charge in [-0.1, -0.05) is 30.3 Å². The number of rotatable bonds is 4. The van der Waals surface area contributed by atoms with Crippen LogP contribution in [-0.2, 0) is 10.0 Å². The highest BCUT2D eigenvalue weighted by Crippen LogP contribution is 2.23. The predicted molar refractivity (Wildman–Crippen MR) is 84.7 cm³/mol. The summed E-state index contributed by atoms with van der Waals surface area (Å²) in [5.74, 6) is 0.589. The Labute approximate surface area is 133 Å². The Morgan fingerprint density at radius 2 is 1.70 bits per heavy atom. The molecule has 1 heterocycles. The topological polar surface area (TPSA) is 100 Å². The molecule has 0 unspecified atom stereocenters. The number of ether oxygens (including phenoxy) is 1. The molecule has 0 aliphatic carbocycles. The molecule has 0 radical (unpaired) electrons. The molecule has 0 bridgehead atoms. The molecule has 3 rings (SSSR count). The molecule has 7 nitrogen and oxygen atoms in total. The van der Waals surface area contributed by atoms with E-state index < -0.39 is 10.0 Å². The molecule has 0 spiro atoms. The SMILES string of the molecule is COc1nc(-c2ccccc2)n(-c2ccc(S(N)(=O)=O)cc2)n1. The van der Waals surface area contributed by atoms with Crippen molar-refractivity contribution in [2.24, 2.45) is 5.14 Å². The maximum atomic E-state index is 11.3. The molecule has 0 saturated heterocycles. The molecular formula is C15H14N4O3S. The third-order valence-corrected chi connectivity index (χ3v) is 4.14. The van der Waals surface area contributed by atoms with Crippen LogP contribution in [0.25, 0.3) is 17.1 Å². The number of aromatic nitrogens is 3. The van der Waals surface area contributed by atoms with Gasteiger partial charge in [0.2, 0.25) is 10.0 Å². The van der Waals surface area contributed by atoms with Crippen molar-refractivity contribution >= 4 is 10.0 Å². The van der Waals surface area contributed by atoms with Gasteiger partial charge in [0.05, 0.1) is 17.7 Å². The van der Waals surface area contributed by atoms with E-state index in [9.17, 15) is 8.42 Å². The van der Waals surface area contributed by atoms with E-state index in [0.29, 0.717) is 11.5 Å². The van der Waals surface area contributed by atoms with Gasteiger partial charge in [-0.15, -0.1) is 5.10 Å². The first-order valence-electron chi connectivity index (χ1n) is 6.69. The molecule has 23 heavy (non-hydrogen) atoms. The number of primary sulfonamides is 1. The quantitative estimate of drug-likeness (QED) is 0.783. The molecule has 2 N–H and O–H groups in total. The van der Waals surface area contributed by atoms with E-state index in [4.69, 9.17) is 9.88 Å². The van der Waals surface area contributed by atoms with E-state index in [2.05, 4.69) is 10.1 Å². The van der Waals surface area contributed by atoms with Gasteiger partial charge in [0.1, 0.15) is 0 Å². The Balaban J connectivity index is 2.11. The summed E-state index contributed by atoms with van der Waals surface area (Å²) in [4.78, 5) is 4.37. The normalized spacial score (nSPS) is 11.4. The highest BCUT2D eigenvalue weighted by molar-refractivity contribution is 7.89. The summed E-state index contributed by atoms with van der Waals surface area (Å²) in [6, 6.07) is 15.8. The fraction of sp³-hybridized carbons (Fsp3) is 0.0667. The molecule has 3 aromatic rings. The third-order valence-electron chi connectivity index (χ3n) is 3.21. The van der Waals surface area contributed by atoms with E-state index in [1.165, 1.54) is 19.2 Å². The Bertz CT molecular complexity index is 919. The van der Waals surface area contributed by atoms with Crippen molar-refractivity contribution in [3.8, 4) is 23.1 Å². The van der Waals surface area contributed by atoms with Gasteiger partial charge >= 0.3 is 6.01 Å². The smallest absolute Gasteiger partial charge is 0.336 e. The second-order valence-corrected chi connectivity index (χ2v) is 6.30. The lowest BCUT2D eigenvalue weighted by atomic mass is 10.2. The van der Waals surface area contributed by atoms with Gasteiger partial charge in [-0.2, -0.15) is 4.98 Å². The van der Waals surface area contributed by atoms with E-state index in [-0.39, 0.29) is 10.9 Å². The molecule has 118 valence electrons. The Morgan fingerprint density at radius 3 is 2.26 bits per heavy atom. The number of hydrogen-bond acceptors (Lipinski definition) is 5. The van der Waals surface area contributed by atoms with Crippen molar-refractivity contribution in [2.45, 2.75) is 4.90 Å². The second kappa shape index (κ2) is 5.82. The summed E-state index contributed by atoms with van der Waals surface area (Å²) in [6.45, 7) is 0. The number of hydrogen-bond donors (Lipinski definition) is 1. The summed E-state index contributed by atoms with van der Waals surface area (Å²) >= 11 is 0. The van der Waals surface area contributed by atoms with Gasteiger partial charge < -0.3 is 4.74 Å². The Kier molecular flexibility index (Phi) is 3.85. The molecule has 0 amide bonds. The molecule has 1 aromatic heterocycles. The van der Waals surface area contributed by atoms with Crippen molar-refractivity contribution in [3.05, 3.63) is 54.6 Å². The Morgan fingerprint density at radius 1 is 1.04 bits per heavy atom. The van der Waals surface area contributed by atoms with Crippen molar-refractivity contribution in [3.63, 3.8) is 0 Å². The van der Waals surface area contributed by atoms with Gasteiger partial charge in [0.15, 0.2) is 5.82 Å². The first kappa shape index (κ1) is 15.2. The van der Waals surface area contributed by atoms with Crippen molar-refractivity contribution < 1.29 is 13.2 Å². The zero-order valence-electron chi connectivity index (χ0n) is 12.2. The van der Waals surface area contributed by atoms with Crippen LogP contribution in [0.1, 0.15) is 0 Å². The van der Waals surface area contributed by atoms with Gasteiger partial charge in [0.25, 0.3) is 0 Å². The van der Waals surface area contributed by atoms with Crippen LogP contribution in [0.4, 0.5) is 0 Å². The van der Waals surface area contributed by atoms with Crippen LogP contribution in [0.15, 0.2) is 59.5 Å². The first-order chi connectivity index (χ1) is 11.0. The van der Waals surface area contributed by atoms with Crippen LogP contribution < -0.4 is 9.88 Å². The lowest BCUT2D eigenvalue weighted by Crippen LogP contribution is -2.12. The van der Waals surface area contributed by atoms with Gasteiger partial charge in [0, 0.05) is 5.56 Å². The van der Waals surface area contributed by atoms with E-state index >= 15 is 0 Å². The van der Waals surface area contributed by atoms with Crippen LogP contribution in [0.2, 0.25) is 0 Å². The highest BCUT2D eigenvalue weighted by Gasteiger charge is 2.15. The van der Waals surface area contributed by atoms with E-state index in [1.807, 2.05) is 30.3 Å². The van der Waals surface area contributed by atoms with Crippen LogP contribution >= 0.6 is 0 Å². The standard InChI is InChI=1S/C15H14N4O3S/c1-22-15-17-14(11-5-3-2-4-6-11)19(18-15)12-7-9-13(10-8-12)23(16,20)21/h2-10H,1H3,(H2,16,20,21). The van der Waals surface area contributed by atoms with Crippen molar-refractivity contribution in [1.82, 2.24) is 14.8 Å². The first-order valence-corrected chi connectivity index (χ1v) is 8.23. The minimum atomic E-state index is -3.73. The summed E-state index contributed by atoms with van der Waals surface area (Å²) in [5.41, 5.74) is 1.51. The van der Waals surface area contributed by atoms with Crippen LogP contribution in [0.5, 0.6) is 6.01 Å². The average molecular weight is 330 g/mol. The monoisotopic (exact) mass is 330 g/mol. The van der Waals surface area contributed by atoms with E-state index in [1.54, 1.807) is 16.8 Å². The summed E-state index contributed by atoms with van der Waals surface area (Å²) in [7, 11) is -2.25. The van der Waals surface area contributed by atoms with Crippen LogP contribution in [0.3, 0.4) is 0 Å². The van der Waals surface area contributed by atoms with Crippen LogP contribution in [-0.4, -0.2) is 30.3 Å². The maximum Gasteiger partial charge on any atom is 0.336 e. The third kappa shape index (κ3) is 3.08. The number of methoxy groups -OCH3 is 1. The summed E-state index contributed by atoms with van der Waals surface area (Å²) < 4.78 is 29.4. The van der Waals surface area contributed by atoms with Crippen molar-refractivity contribution in [1.29, 1.82) is 0 Å². The maximum absolute atomic E-state index is 11.3. The molecule has 0 atom stereocenters. The van der Waals surface area contributed by atoms with Gasteiger partial charge in [-0.3, -0.25) is 0 Å². The molecule has 0 saturated carbocycles. The predicted octanol–water partition coefficient (Wildman–Crippen LogP) is 1.59. The lowest BCUT2D eigenvalue weighted by Gasteiger charge is -2.06. The van der Waals surface area contributed by atoms with E-state index in [0.717, 1.165) is 5.56 Å². The lowest BCUT2D eigenvalue weighted by molar-refractivity contribution is 0.380. The van der Waals surface area contributed by atoms with Crippen molar-refractivity contribution in [2.75, 3.05) is 7.11 Å². The minimum Gasteiger partial charge on any atom is -0.466 e. The zero-order valence-corrected chi connectivity index (χ0v) is 13.1. The number of benzene rings is 2. The number of nitrogens with two attached hydrogens (primary N) is 1. The van der Waals surface area contributed by atoms with Crippen LogP contribution in [0, 0.1) is 0 Å². The average Bonchev–Trinajstić information content (AvgIpc) is 2.99. The van der Waals surface area contributed by atoms with Gasteiger partial charge in [-0.25, -0.2) is 18.2 Å². The highest BCUT2D eigenvalue weighted by atomic mass is 32.2. The molecule has 2 aromatic carbocycles. The van der Waals surface area contributed by atoms with Gasteiger partial charge in [-0.05, 0) is 24.3 Å². The minimum absolute atomic E-state index is 0.0367. The molecule has 0 fully saturated rings. The molecule has 0 aliphatic heterocycles. The summed E-state index contributed by atoms with van der Waals surface area (Å²) in [6.07, 6.45) is 0.